The zero-order valence-corrected chi connectivity index (χ0v) is 12.9. The highest BCUT2D eigenvalue weighted by molar-refractivity contribution is 7.89. The molecule has 1 N–H and O–H groups in total. The first kappa shape index (κ1) is 15.4. The van der Waals surface area contributed by atoms with Crippen LogP contribution >= 0.6 is 0 Å². The number of hydrogen-bond donors (Lipinski definition) is 1. The van der Waals surface area contributed by atoms with Gasteiger partial charge in [-0.2, -0.15) is 4.31 Å². The fourth-order valence-corrected chi connectivity index (χ4v) is 4.35. The maximum Gasteiger partial charge on any atom is 0.243 e. The number of sulfonamides is 1. The molecule has 20 heavy (non-hydrogen) atoms. The Bertz CT molecular complexity index is 575. The number of aliphatic hydroxyl groups excluding tert-OH is 1. The van der Waals surface area contributed by atoms with Crippen LogP contribution in [0.3, 0.4) is 0 Å². The molecule has 1 aliphatic rings. The SMILES string of the molecule is Cc1ccc(CO)cc1S(=O)(=O)N1CC(C)OC(C)C1. The van der Waals surface area contributed by atoms with E-state index in [1.54, 1.807) is 25.1 Å². The third kappa shape index (κ3) is 3.03. The molecule has 0 spiro atoms. The minimum absolute atomic E-state index is 0.116. The fourth-order valence-electron chi connectivity index (χ4n) is 2.49. The largest absolute Gasteiger partial charge is 0.392 e. The summed E-state index contributed by atoms with van der Waals surface area (Å²) in [5, 5.41) is 9.18. The predicted molar refractivity (Wildman–Crippen MR) is 75.9 cm³/mol. The molecule has 1 aromatic carbocycles. The lowest BCUT2D eigenvalue weighted by Crippen LogP contribution is -2.48. The van der Waals surface area contributed by atoms with Gasteiger partial charge in [0.2, 0.25) is 10.0 Å². The summed E-state index contributed by atoms with van der Waals surface area (Å²) in [5.74, 6) is 0. The van der Waals surface area contributed by atoms with E-state index in [0.29, 0.717) is 24.2 Å². The molecule has 1 aliphatic heterocycles. The monoisotopic (exact) mass is 299 g/mol. The van der Waals surface area contributed by atoms with E-state index in [-0.39, 0.29) is 23.7 Å². The van der Waals surface area contributed by atoms with Gasteiger partial charge in [-0.15, -0.1) is 0 Å². The molecule has 5 nitrogen and oxygen atoms in total. The van der Waals surface area contributed by atoms with E-state index in [4.69, 9.17) is 4.74 Å². The second-order valence-electron chi connectivity index (χ2n) is 5.34. The first-order valence-electron chi connectivity index (χ1n) is 6.70. The summed E-state index contributed by atoms with van der Waals surface area (Å²) < 4.78 is 32.6. The van der Waals surface area contributed by atoms with Gasteiger partial charge in [0.1, 0.15) is 0 Å². The number of rotatable bonds is 3. The third-order valence-electron chi connectivity index (χ3n) is 3.44. The van der Waals surface area contributed by atoms with Crippen molar-refractivity contribution in [1.29, 1.82) is 0 Å². The van der Waals surface area contributed by atoms with Gasteiger partial charge in [-0.1, -0.05) is 12.1 Å². The molecular formula is C14H21NO4S. The van der Waals surface area contributed by atoms with E-state index in [9.17, 15) is 13.5 Å². The average molecular weight is 299 g/mol. The van der Waals surface area contributed by atoms with Crippen LogP contribution in [0.15, 0.2) is 23.1 Å². The van der Waals surface area contributed by atoms with Gasteiger partial charge in [0, 0.05) is 13.1 Å². The van der Waals surface area contributed by atoms with E-state index in [2.05, 4.69) is 0 Å². The Kier molecular flexibility index (Phi) is 4.49. The molecule has 6 heteroatoms. The van der Waals surface area contributed by atoms with Crippen LogP contribution in [-0.4, -0.2) is 43.1 Å². The van der Waals surface area contributed by atoms with Gasteiger partial charge in [0.05, 0.1) is 23.7 Å². The van der Waals surface area contributed by atoms with E-state index < -0.39 is 10.0 Å². The number of aliphatic hydroxyl groups is 1. The van der Waals surface area contributed by atoms with Gasteiger partial charge in [-0.25, -0.2) is 8.42 Å². The van der Waals surface area contributed by atoms with Crippen LogP contribution in [0.1, 0.15) is 25.0 Å². The van der Waals surface area contributed by atoms with Crippen LogP contribution in [0.4, 0.5) is 0 Å². The highest BCUT2D eigenvalue weighted by Crippen LogP contribution is 2.24. The van der Waals surface area contributed by atoms with Crippen LogP contribution in [0.5, 0.6) is 0 Å². The molecule has 1 aromatic rings. The van der Waals surface area contributed by atoms with Crippen molar-refractivity contribution in [3.63, 3.8) is 0 Å². The number of hydrogen-bond acceptors (Lipinski definition) is 4. The molecule has 0 amide bonds. The van der Waals surface area contributed by atoms with Gasteiger partial charge in [0.25, 0.3) is 0 Å². The van der Waals surface area contributed by atoms with Gasteiger partial charge in [0.15, 0.2) is 0 Å². The smallest absolute Gasteiger partial charge is 0.243 e. The number of ether oxygens (including phenoxy) is 1. The lowest BCUT2D eigenvalue weighted by Gasteiger charge is -2.34. The number of benzene rings is 1. The molecule has 2 rings (SSSR count). The minimum atomic E-state index is -3.55. The lowest BCUT2D eigenvalue weighted by atomic mass is 10.2. The van der Waals surface area contributed by atoms with Gasteiger partial charge >= 0.3 is 0 Å². The topological polar surface area (TPSA) is 66.8 Å². The van der Waals surface area contributed by atoms with Crippen LogP contribution in [-0.2, 0) is 21.4 Å². The highest BCUT2D eigenvalue weighted by Gasteiger charge is 2.33. The Labute approximate surface area is 120 Å². The van der Waals surface area contributed by atoms with Gasteiger partial charge in [-0.05, 0) is 38.0 Å². The molecule has 0 radical (unpaired) electrons. The molecule has 1 saturated heterocycles. The molecule has 0 bridgehead atoms. The number of aryl methyl sites for hydroxylation is 1. The summed E-state index contributed by atoms with van der Waals surface area (Å²) in [6.45, 7) is 6.05. The first-order valence-corrected chi connectivity index (χ1v) is 8.14. The Morgan fingerprint density at radius 1 is 1.30 bits per heavy atom. The summed E-state index contributed by atoms with van der Waals surface area (Å²) in [4.78, 5) is 0.269. The van der Waals surface area contributed by atoms with E-state index in [0.717, 1.165) is 0 Å². The fraction of sp³-hybridized carbons (Fsp3) is 0.571. The molecule has 0 aromatic heterocycles. The Hall–Kier alpha value is -0.950. The Morgan fingerprint density at radius 2 is 1.90 bits per heavy atom. The summed E-state index contributed by atoms with van der Waals surface area (Å²) in [7, 11) is -3.55. The summed E-state index contributed by atoms with van der Waals surface area (Å²) in [6, 6.07) is 5.01. The Morgan fingerprint density at radius 3 is 2.45 bits per heavy atom. The van der Waals surface area contributed by atoms with Crippen molar-refractivity contribution in [3.8, 4) is 0 Å². The zero-order valence-electron chi connectivity index (χ0n) is 12.0. The van der Waals surface area contributed by atoms with Crippen molar-refractivity contribution >= 4 is 10.0 Å². The molecule has 112 valence electrons. The van der Waals surface area contributed by atoms with Crippen LogP contribution in [0, 0.1) is 6.92 Å². The summed E-state index contributed by atoms with van der Waals surface area (Å²) >= 11 is 0. The van der Waals surface area contributed by atoms with Crippen molar-refractivity contribution in [2.24, 2.45) is 0 Å². The van der Waals surface area contributed by atoms with Crippen LogP contribution in [0.25, 0.3) is 0 Å². The molecule has 2 unspecified atom stereocenters. The maximum atomic E-state index is 12.8. The summed E-state index contributed by atoms with van der Waals surface area (Å²) in [5.41, 5.74) is 1.29. The first-order chi connectivity index (χ1) is 9.34. The molecule has 2 atom stereocenters. The normalized spacial score (nSPS) is 24.8. The second-order valence-corrected chi connectivity index (χ2v) is 7.24. The van der Waals surface area contributed by atoms with E-state index >= 15 is 0 Å². The molecular weight excluding hydrogens is 278 g/mol. The minimum Gasteiger partial charge on any atom is -0.392 e. The van der Waals surface area contributed by atoms with Crippen molar-refractivity contribution in [2.75, 3.05) is 13.1 Å². The molecule has 0 saturated carbocycles. The standard InChI is InChI=1S/C14H21NO4S/c1-10-4-5-13(9-16)6-14(10)20(17,18)15-7-11(2)19-12(3)8-15/h4-6,11-12,16H,7-9H2,1-3H3. The Balaban J connectivity index is 2.39. The zero-order chi connectivity index (χ0) is 14.9. The summed E-state index contributed by atoms with van der Waals surface area (Å²) in [6.07, 6.45) is -0.232. The third-order valence-corrected chi connectivity index (χ3v) is 5.41. The van der Waals surface area contributed by atoms with E-state index in [1.807, 2.05) is 13.8 Å². The van der Waals surface area contributed by atoms with Crippen molar-refractivity contribution in [1.82, 2.24) is 4.31 Å². The number of nitrogens with zero attached hydrogens (tertiary/aromatic N) is 1. The van der Waals surface area contributed by atoms with Gasteiger partial charge < -0.3 is 9.84 Å². The molecule has 1 heterocycles. The average Bonchev–Trinajstić information content (AvgIpc) is 2.38. The van der Waals surface area contributed by atoms with Crippen molar-refractivity contribution in [3.05, 3.63) is 29.3 Å². The molecule has 0 aliphatic carbocycles. The maximum absolute atomic E-state index is 12.8. The van der Waals surface area contributed by atoms with Crippen LogP contribution < -0.4 is 0 Å². The number of morpholine rings is 1. The quantitative estimate of drug-likeness (QED) is 0.913. The van der Waals surface area contributed by atoms with Gasteiger partial charge in [-0.3, -0.25) is 0 Å². The van der Waals surface area contributed by atoms with E-state index in [1.165, 1.54) is 4.31 Å². The highest BCUT2D eigenvalue weighted by atomic mass is 32.2. The van der Waals surface area contributed by atoms with Crippen molar-refractivity contribution < 1.29 is 18.3 Å². The lowest BCUT2D eigenvalue weighted by molar-refractivity contribution is -0.0441. The predicted octanol–water partition coefficient (Wildman–Crippen LogP) is 1.29. The van der Waals surface area contributed by atoms with Crippen molar-refractivity contribution in [2.45, 2.75) is 44.5 Å². The second kappa shape index (κ2) is 5.81. The van der Waals surface area contributed by atoms with Crippen LogP contribution in [0.2, 0.25) is 0 Å². The molecule has 1 fully saturated rings.